The zero-order valence-corrected chi connectivity index (χ0v) is 12.7. The van der Waals surface area contributed by atoms with E-state index >= 15 is 0 Å². The van der Waals surface area contributed by atoms with Crippen LogP contribution in [0.4, 0.5) is 5.82 Å². The summed E-state index contributed by atoms with van der Waals surface area (Å²) in [6.45, 7) is 8.55. The third-order valence-electron chi connectivity index (χ3n) is 2.39. The van der Waals surface area contributed by atoms with Crippen molar-refractivity contribution >= 4 is 17.4 Å². The van der Waals surface area contributed by atoms with Gasteiger partial charge in [0.25, 0.3) is 0 Å². The summed E-state index contributed by atoms with van der Waals surface area (Å²) >= 11 is 6.09. The van der Waals surface area contributed by atoms with Gasteiger partial charge in [0, 0.05) is 6.54 Å². The molecule has 5 heteroatoms. The van der Waals surface area contributed by atoms with Crippen LogP contribution in [-0.2, 0) is 16.1 Å². The maximum Gasteiger partial charge on any atom is 0.126 e. The van der Waals surface area contributed by atoms with Crippen LogP contribution in [0.3, 0.4) is 0 Å². The fourth-order valence-electron chi connectivity index (χ4n) is 1.45. The summed E-state index contributed by atoms with van der Waals surface area (Å²) in [5.74, 6) is 0.836. The SMILES string of the molecule is CCCNc1ccc(Cl)c(COCCOC(C)C)n1. The molecule has 1 rings (SSSR count). The molecule has 19 heavy (non-hydrogen) atoms. The van der Waals surface area contributed by atoms with Gasteiger partial charge in [-0.05, 0) is 32.4 Å². The van der Waals surface area contributed by atoms with E-state index in [1.165, 1.54) is 0 Å². The number of rotatable bonds is 9. The van der Waals surface area contributed by atoms with Gasteiger partial charge in [0.2, 0.25) is 0 Å². The first kappa shape index (κ1) is 16.2. The number of anilines is 1. The van der Waals surface area contributed by atoms with Crippen LogP contribution in [-0.4, -0.2) is 30.8 Å². The number of nitrogens with one attached hydrogen (secondary N) is 1. The van der Waals surface area contributed by atoms with E-state index in [1.807, 2.05) is 26.0 Å². The number of halogens is 1. The first-order valence-electron chi connectivity index (χ1n) is 6.72. The van der Waals surface area contributed by atoms with Crippen LogP contribution in [0.5, 0.6) is 0 Å². The molecular weight excluding hydrogens is 264 g/mol. The molecule has 1 heterocycles. The fourth-order valence-corrected chi connectivity index (χ4v) is 1.61. The van der Waals surface area contributed by atoms with E-state index in [-0.39, 0.29) is 6.10 Å². The third kappa shape index (κ3) is 6.76. The normalized spacial score (nSPS) is 11.0. The van der Waals surface area contributed by atoms with E-state index in [0.717, 1.165) is 24.5 Å². The van der Waals surface area contributed by atoms with Crippen molar-refractivity contribution in [3.63, 3.8) is 0 Å². The Morgan fingerprint density at radius 3 is 2.79 bits per heavy atom. The van der Waals surface area contributed by atoms with Crippen LogP contribution in [0.25, 0.3) is 0 Å². The number of nitrogens with zero attached hydrogens (tertiary/aromatic N) is 1. The first-order chi connectivity index (χ1) is 9.13. The second-order valence-corrected chi connectivity index (χ2v) is 4.93. The molecule has 108 valence electrons. The van der Waals surface area contributed by atoms with Crippen molar-refractivity contribution in [3.8, 4) is 0 Å². The zero-order valence-electron chi connectivity index (χ0n) is 11.9. The van der Waals surface area contributed by atoms with Gasteiger partial charge < -0.3 is 14.8 Å². The lowest BCUT2D eigenvalue weighted by Crippen LogP contribution is -2.10. The summed E-state index contributed by atoms with van der Waals surface area (Å²) in [7, 11) is 0. The minimum absolute atomic E-state index is 0.229. The number of pyridine rings is 1. The molecule has 0 unspecified atom stereocenters. The summed E-state index contributed by atoms with van der Waals surface area (Å²) in [6.07, 6.45) is 1.29. The van der Waals surface area contributed by atoms with Gasteiger partial charge in [-0.15, -0.1) is 0 Å². The monoisotopic (exact) mass is 286 g/mol. The Kier molecular flexibility index (Phi) is 7.79. The van der Waals surface area contributed by atoms with Crippen LogP contribution >= 0.6 is 11.6 Å². The second kappa shape index (κ2) is 9.13. The van der Waals surface area contributed by atoms with Crippen molar-refractivity contribution in [2.24, 2.45) is 0 Å². The van der Waals surface area contributed by atoms with Crippen LogP contribution < -0.4 is 5.32 Å². The molecule has 0 aromatic carbocycles. The van der Waals surface area contributed by atoms with Crippen molar-refractivity contribution in [2.45, 2.75) is 39.9 Å². The molecule has 0 spiro atoms. The van der Waals surface area contributed by atoms with Gasteiger partial charge in [-0.1, -0.05) is 18.5 Å². The van der Waals surface area contributed by atoms with E-state index in [4.69, 9.17) is 21.1 Å². The summed E-state index contributed by atoms with van der Waals surface area (Å²) in [6, 6.07) is 3.72. The topological polar surface area (TPSA) is 43.4 Å². The third-order valence-corrected chi connectivity index (χ3v) is 2.74. The van der Waals surface area contributed by atoms with E-state index in [1.54, 1.807) is 0 Å². The minimum Gasteiger partial charge on any atom is -0.376 e. The molecule has 0 saturated heterocycles. The lowest BCUT2D eigenvalue weighted by atomic mass is 10.3. The molecule has 0 aliphatic carbocycles. The highest BCUT2D eigenvalue weighted by atomic mass is 35.5. The summed E-state index contributed by atoms with van der Waals surface area (Å²) in [5, 5.41) is 3.86. The molecule has 0 aliphatic heterocycles. The number of ether oxygens (including phenoxy) is 2. The van der Waals surface area contributed by atoms with Crippen molar-refractivity contribution in [2.75, 3.05) is 25.1 Å². The Labute approximate surface area is 120 Å². The van der Waals surface area contributed by atoms with Crippen LogP contribution in [0, 0.1) is 0 Å². The van der Waals surface area contributed by atoms with Crippen molar-refractivity contribution in [3.05, 3.63) is 22.8 Å². The quantitative estimate of drug-likeness (QED) is 0.706. The van der Waals surface area contributed by atoms with Crippen molar-refractivity contribution in [1.82, 2.24) is 4.98 Å². The number of hydrogen-bond acceptors (Lipinski definition) is 4. The van der Waals surface area contributed by atoms with E-state index in [2.05, 4.69) is 17.2 Å². The molecule has 0 atom stereocenters. The first-order valence-corrected chi connectivity index (χ1v) is 7.10. The van der Waals surface area contributed by atoms with Gasteiger partial charge in [-0.3, -0.25) is 0 Å². The fraction of sp³-hybridized carbons (Fsp3) is 0.643. The number of aromatic nitrogens is 1. The van der Waals surface area contributed by atoms with Gasteiger partial charge in [0.15, 0.2) is 0 Å². The molecule has 0 fully saturated rings. The van der Waals surface area contributed by atoms with Crippen LogP contribution in [0.1, 0.15) is 32.9 Å². The smallest absolute Gasteiger partial charge is 0.126 e. The van der Waals surface area contributed by atoms with E-state index in [9.17, 15) is 0 Å². The van der Waals surface area contributed by atoms with Gasteiger partial charge in [-0.25, -0.2) is 4.98 Å². The Balaban J connectivity index is 2.39. The summed E-state index contributed by atoms with van der Waals surface area (Å²) in [4.78, 5) is 4.43. The van der Waals surface area contributed by atoms with E-state index in [0.29, 0.717) is 24.8 Å². The van der Waals surface area contributed by atoms with Gasteiger partial charge in [0.1, 0.15) is 5.82 Å². The molecule has 0 radical (unpaired) electrons. The molecule has 1 N–H and O–H groups in total. The molecule has 0 bridgehead atoms. The van der Waals surface area contributed by atoms with Crippen molar-refractivity contribution < 1.29 is 9.47 Å². The maximum atomic E-state index is 6.09. The molecule has 0 amide bonds. The second-order valence-electron chi connectivity index (χ2n) is 4.52. The largest absolute Gasteiger partial charge is 0.376 e. The Morgan fingerprint density at radius 1 is 1.32 bits per heavy atom. The highest BCUT2D eigenvalue weighted by Crippen LogP contribution is 2.17. The zero-order chi connectivity index (χ0) is 14.1. The average molecular weight is 287 g/mol. The predicted octanol–water partition coefficient (Wildman–Crippen LogP) is 3.50. The molecular formula is C14H23ClN2O2. The van der Waals surface area contributed by atoms with E-state index < -0.39 is 0 Å². The minimum atomic E-state index is 0.229. The van der Waals surface area contributed by atoms with Gasteiger partial charge in [-0.2, -0.15) is 0 Å². The maximum absolute atomic E-state index is 6.09. The standard InChI is InChI=1S/C14H23ClN2O2/c1-4-7-16-14-6-5-12(15)13(17-14)10-18-8-9-19-11(2)3/h5-6,11H,4,7-10H2,1-3H3,(H,16,17). The molecule has 0 saturated carbocycles. The Morgan fingerprint density at radius 2 is 2.11 bits per heavy atom. The van der Waals surface area contributed by atoms with Crippen LogP contribution in [0.15, 0.2) is 12.1 Å². The highest BCUT2D eigenvalue weighted by molar-refractivity contribution is 6.31. The summed E-state index contributed by atoms with van der Waals surface area (Å²) in [5.41, 5.74) is 0.757. The van der Waals surface area contributed by atoms with Gasteiger partial charge >= 0.3 is 0 Å². The predicted molar refractivity (Wildman–Crippen MR) is 78.8 cm³/mol. The average Bonchev–Trinajstić information content (AvgIpc) is 2.38. The Bertz CT molecular complexity index is 372. The van der Waals surface area contributed by atoms with Gasteiger partial charge in [0.05, 0.1) is 36.6 Å². The summed E-state index contributed by atoms with van der Waals surface area (Å²) < 4.78 is 10.9. The van der Waals surface area contributed by atoms with Crippen molar-refractivity contribution in [1.29, 1.82) is 0 Å². The lowest BCUT2D eigenvalue weighted by molar-refractivity contribution is 0.0136. The molecule has 4 nitrogen and oxygen atoms in total. The Hall–Kier alpha value is -0.840. The molecule has 1 aromatic heterocycles. The lowest BCUT2D eigenvalue weighted by Gasteiger charge is -2.10. The van der Waals surface area contributed by atoms with Crippen LogP contribution in [0.2, 0.25) is 5.02 Å². The molecule has 1 aromatic rings. The number of hydrogen-bond donors (Lipinski definition) is 1. The molecule has 0 aliphatic rings. The highest BCUT2D eigenvalue weighted by Gasteiger charge is 2.04.